The van der Waals surface area contributed by atoms with E-state index in [9.17, 15) is 0 Å². The smallest absolute Gasteiger partial charge is 0.181 e. The van der Waals surface area contributed by atoms with Crippen LogP contribution in [0.3, 0.4) is 0 Å². The van der Waals surface area contributed by atoms with Crippen molar-refractivity contribution in [3.05, 3.63) is 35.7 Å². The second kappa shape index (κ2) is 4.67. The molecule has 4 nitrogen and oxygen atoms in total. The molecule has 17 heavy (non-hydrogen) atoms. The molecule has 0 aliphatic rings. The molecule has 0 bridgehead atoms. The first-order chi connectivity index (χ1) is 8.08. The normalized spacial score (nSPS) is 13.0. The maximum Gasteiger partial charge on any atom is 0.181 e. The predicted molar refractivity (Wildman–Crippen MR) is 68.3 cm³/mol. The Morgan fingerprint density at radius 2 is 2.06 bits per heavy atom. The highest BCUT2D eigenvalue weighted by Gasteiger charge is 2.15. The fourth-order valence-corrected chi connectivity index (χ4v) is 1.65. The maximum atomic E-state index is 6.03. The van der Waals surface area contributed by atoms with Crippen molar-refractivity contribution in [2.24, 2.45) is 11.7 Å². The van der Waals surface area contributed by atoms with E-state index in [-0.39, 0.29) is 6.04 Å². The van der Waals surface area contributed by atoms with Gasteiger partial charge in [-0.15, -0.1) is 0 Å². The number of hydrogen-bond donors (Lipinski definition) is 2. The number of aromatic nitrogens is 3. The molecule has 4 heteroatoms. The van der Waals surface area contributed by atoms with Gasteiger partial charge >= 0.3 is 0 Å². The number of benzene rings is 1. The lowest BCUT2D eigenvalue weighted by atomic mass is 10.1. The molecule has 0 fully saturated rings. The summed E-state index contributed by atoms with van der Waals surface area (Å²) in [6.07, 6.45) is 0. The molecule has 0 saturated carbocycles. The third-order valence-electron chi connectivity index (χ3n) is 2.81. The van der Waals surface area contributed by atoms with E-state index in [1.165, 1.54) is 5.56 Å². The predicted octanol–water partition coefficient (Wildman–Crippen LogP) is 2.44. The van der Waals surface area contributed by atoms with Crippen LogP contribution in [0.4, 0.5) is 0 Å². The van der Waals surface area contributed by atoms with Crippen molar-refractivity contribution < 1.29 is 0 Å². The fraction of sp³-hybridized carbons (Fsp3) is 0.385. The Labute approximate surface area is 101 Å². The molecule has 1 aromatic carbocycles. The Balaban J connectivity index is 2.30. The van der Waals surface area contributed by atoms with Crippen LogP contribution in [0, 0.1) is 12.8 Å². The number of H-pyrrole nitrogens is 1. The van der Waals surface area contributed by atoms with Crippen LogP contribution in [-0.4, -0.2) is 15.2 Å². The van der Waals surface area contributed by atoms with E-state index in [0.29, 0.717) is 11.7 Å². The van der Waals surface area contributed by atoms with Crippen LogP contribution in [-0.2, 0) is 0 Å². The molecular formula is C13H18N4. The highest BCUT2D eigenvalue weighted by atomic mass is 15.2. The number of nitrogens with zero attached hydrogens (tertiary/aromatic N) is 2. The molecule has 0 radical (unpaired) electrons. The molecule has 1 aromatic heterocycles. The monoisotopic (exact) mass is 230 g/mol. The maximum absolute atomic E-state index is 6.03. The lowest BCUT2D eigenvalue weighted by Gasteiger charge is -2.11. The summed E-state index contributed by atoms with van der Waals surface area (Å²) in [6.45, 7) is 6.19. The first kappa shape index (κ1) is 11.8. The van der Waals surface area contributed by atoms with Crippen LogP contribution < -0.4 is 5.73 Å². The molecule has 0 spiro atoms. The summed E-state index contributed by atoms with van der Waals surface area (Å²) in [6, 6.07) is 8.02. The largest absolute Gasteiger partial charge is 0.321 e. The van der Waals surface area contributed by atoms with Gasteiger partial charge in [-0.2, -0.15) is 5.10 Å². The molecular weight excluding hydrogens is 212 g/mol. The van der Waals surface area contributed by atoms with Crippen LogP contribution in [0.25, 0.3) is 11.4 Å². The standard InChI is InChI=1S/C13H18N4/c1-8(2)11(14)13-15-12(16-17-13)10-6-4-5-9(3)7-10/h4-8,11H,14H2,1-3H3,(H,15,16,17). The molecule has 0 amide bonds. The van der Waals surface area contributed by atoms with Crippen molar-refractivity contribution in [1.82, 2.24) is 15.2 Å². The van der Waals surface area contributed by atoms with Crippen LogP contribution in [0.15, 0.2) is 24.3 Å². The molecule has 3 N–H and O–H groups in total. The van der Waals surface area contributed by atoms with Gasteiger partial charge in [0, 0.05) is 5.56 Å². The summed E-state index contributed by atoms with van der Waals surface area (Å²) in [5.74, 6) is 1.80. The Kier molecular flexibility index (Phi) is 3.24. The molecule has 90 valence electrons. The second-order valence-corrected chi connectivity index (χ2v) is 4.68. The van der Waals surface area contributed by atoms with Crippen LogP contribution in [0.1, 0.15) is 31.3 Å². The number of aryl methyl sites for hydroxylation is 1. The zero-order valence-corrected chi connectivity index (χ0v) is 10.4. The van der Waals surface area contributed by atoms with Crippen LogP contribution in [0.5, 0.6) is 0 Å². The first-order valence-corrected chi connectivity index (χ1v) is 5.83. The van der Waals surface area contributed by atoms with E-state index >= 15 is 0 Å². The molecule has 0 saturated heterocycles. The quantitative estimate of drug-likeness (QED) is 0.851. The molecule has 0 aliphatic heterocycles. The summed E-state index contributed by atoms with van der Waals surface area (Å²) >= 11 is 0. The molecule has 2 aromatic rings. The lowest BCUT2D eigenvalue weighted by molar-refractivity contribution is 0.492. The average molecular weight is 230 g/mol. The molecule has 0 aliphatic carbocycles. The van der Waals surface area contributed by atoms with Crippen LogP contribution >= 0.6 is 0 Å². The van der Waals surface area contributed by atoms with Gasteiger partial charge in [0.15, 0.2) is 5.82 Å². The topological polar surface area (TPSA) is 67.6 Å². The number of rotatable bonds is 3. The average Bonchev–Trinajstić information content (AvgIpc) is 2.77. The minimum atomic E-state index is -0.0962. The fourth-order valence-electron chi connectivity index (χ4n) is 1.65. The van der Waals surface area contributed by atoms with Gasteiger partial charge in [-0.25, -0.2) is 4.98 Å². The molecule has 1 unspecified atom stereocenters. The minimum Gasteiger partial charge on any atom is -0.321 e. The van der Waals surface area contributed by atoms with Gasteiger partial charge in [0.1, 0.15) is 5.82 Å². The molecule has 1 atom stereocenters. The van der Waals surface area contributed by atoms with E-state index in [0.717, 1.165) is 11.4 Å². The minimum absolute atomic E-state index is 0.0962. The number of nitrogens with two attached hydrogens (primary N) is 1. The molecule has 1 heterocycles. The van der Waals surface area contributed by atoms with Crippen molar-refractivity contribution in [1.29, 1.82) is 0 Å². The summed E-state index contributed by atoms with van der Waals surface area (Å²) in [5, 5.41) is 7.13. The van der Waals surface area contributed by atoms with Crippen molar-refractivity contribution in [2.75, 3.05) is 0 Å². The van der Waals surface area contributed by atoms with Gasteiger partial charge in [-0.3, -0.25) is 5.10 Å². The van der Waals surface area contributed by atoms with Gasteiger partial charge in [0.2, 0.25) is 0 Å². The zero-order chi connectivity index (χ0) is 12.4. The summed E-state index contributed by atoms with van der Waals surface area (Å²) in [5.41, 5.74) is 8.24. The molecule has 2 rings (SSSR count). The summed E-state index contributed by atoms with van der Waals surface area (Å²) in [7, 11) is 0. The number of aromatic amines is 1. The highest BCUT2D eigenvalue weighted by Crippen LogP contribution is 2.20. The third-order valence-corrected chi connectivity index (χ3v) is 2.81. The zero-order valence-electron chi connectivity index (χ0n) is 10.4. The van der Waals surface area contributed by atoms with Gasteiger partial charge in [0.05, 0.1) is 6.04 Å². The lowest BCUT2D eigenvalue weighted by Crippen LogP contribution is -2.18. The Hall–Kier alpha value is -1.68. The number of hydrogen-bond acceptors (Lipinski definition) is 3. The first-order valence-electron chi connectivity index (χ1n) is 5.83. The van der Waals surface area contributed by atoms with Gasteiger partial charge in [-0.05, 0) is 18.9 Å². The number of nitrogens with one attached hydrogen (secondary N) is 1. The summed E-state index contributed by atoms with van der Waals surface area (Å²) in [4.78, 5) is 4.45. The summed E-state index contributed by atoms with van der Waals surface area (Å²) < 4.78 is 0. The SMILES string of the molecule is Cc1cccc(-c2n[nH]c(C(N)C(C)C)n2)c1. The Morgan fingerprint density at radius 1 is 1.29 bits per heavy atom. The third kappa shape index (κ3) is 2.53. The van der Waals surface area contributed by atoms with Gasteiger partial charge in [0.25, 0.3) is 0 Å². The van der Waals surface area contributed by atoms with E-state index in [4.69, 9.17) is 5.73 Å². The second-order valence-electron chi connectivity index (χ2n) is 4.68. The van der Waals surface area contributed by atoms with Crippen LogP contribution in [0.2, 0.25) is 0 Å². The Bertz CT molecular complexity index is 502. The van der Waals surface area contributed by atoms with E-state index in [1.54, 1.807) is 0 Å². The van der Waals surface area contributed by atoms with E-state index in [2.05, 4.69) is 48.1 Å². The van der Waals surface area contributed by atoms with Crippen molar-refractivity contribution in [2.45, 2.75) is 26.8 Å². The van der Waals surface area contributed by atoms with Crippen molar-refractivity contribution in [3.63, 3.8) is 0 Å². The van der Waals surface area contributed by atoms with Crippen molar-refractivity contribution >= 4 is 0 Å². The van der Waals surface area contributed by atoms with E-state index in [1.807, 2.05) is 12.1 Å². The van der Waals surface area contributed by atoms with Crippen molar-refractivity contribution in [3.8, 4) is 11.4 Å². The van der Waals surface area contributed by atoms with Gasteiger partial charge in [-0.1, -0.05) is 37.6 Å². The van der Waals surface area contributed by atoms with Gasteiger partial charge < -0.3 is 5.73 Å². The van der Waals surface area contributed by atoms with E-state index < -0.39 is 0 Å². The highest BCUT2D eigenvalue weighted by molar-refractivity contribution is 5.55. The Morgan fingerprint density at radius 3 is 2.71 bits per heavy atom.